The van der Waals surface area contributed by atoms with Crippen LogP contribution in [0.25, 0.3) is 0 Å². The first-order chi connectivity index (χ1) is 7.86. The lowest BCUT2D eigenvalue weighted by Crippen LogP contribution is -2.50. The summed E-state index contributed by atoms with van der Waals surface area (Å²) in [5.74, 6) is 0. The van der Waals surface area contributed by atoms with E-state index >= 15 is 0 Å². The van der Waals surface area contributed by atoms with Crippen molar-refractivity contribution in [2.75, 3.05) is 32.9 Å². The van der Waals surface area contributed by atoms with E-state index in [-0.39, 0.29) is 18.7 Å². The molecule has 0 radical (unpaired) electrons. The van der Waals surface area contributed by atoms with Gasteiger partial charge in [-0.25, -0.2) is 0 Å². The number of ether oxygens (including phenoxy) is 1. The van der Waals surface area contributed by atoms with E-state index in [1.54, 1.807) is 11.3 Å². The minimum absolute atomic E-state index is 0.0735. The zero-order chi connectivity index (χ0) is 11.4. The first kappa shape index (κ1) is 12.0. The summed E-state index contributed by atoms with van der Waals surface area (Å²) in [6.45, 7) is 2.86. The molecule has 1 aliphatic rings. The smallest absolute Gasteiger partial charge is 0.0645 e. The molecular formula is C11H18N2O2S. The normalized spacial score (nSPS) is 24.5. The van der Waals surface area contributed by atoms with Gasteiger partial charge in [-0.3, -0.25) is 4.90 Å². The maximum atomic E-state index is 9.34. The third-order valence-corrected chi connectivity index (χ3v) is 3.95. The summed E-state index contributed by atoms with van der Waals surface area (Å²) < 4.78 is 5.38. The molecule has 0 bridgehead atoms. The number of aliphatic hydroxyl groups excluding tert-OH is 1. The lowest BCUT2D eigenvalue weighted by molar-refractivity contribution is -0.0457. The van der Waals surface area contributed by atoms with Gasteiger partial charge in [-0.05, 0) is 11.4 Å². The van der Waals surface area contributed by atoms with Gasteiger partial charge in [-0.1, -0.05) is 6.07 Å². The van der Waals surface area contributed by atoms with Crippen LogP contribution in [0.2, 0.25) is 0 Å². The van der Waals surface area contributed by atoms with Gasteiger partial charge in [-0.2, -0.15) is 0 Å². The Bertz CT molecular complexity index is 305. The van der Waals surface area contributed by atoms with E-state index in [1.807, 2.05) is 6.07 Å². The molecule has 1 saturated heterocycles. The third kappa shape index (κ3) is 2.44. The average Bonchev–Trinajstić information content (AvgIpc) is 2.84. The van der Waals surface area contributed by atoms with E-state index < -0.39 is 0 Å². The van der Waals surface area contributed by atoms with E-state index in [0.29, 0.717) is 13.2 Å². The summed E-state index contributed by atoms with van der Waals surface area (Å²) in [4.78, 5) is 3.53. The van der Waals surface area contributed by atoms with Gasteiger partial charge in [0.05, 0.1) is 31.9 Å². The molecule has 90 valence electrons. The average molecular weight is 242 g/mol. The van der Waals surface area contributed by atoms with Gasteiger partial charge in [-0.15, -0.1) is 11.3 Å². The van der Waals surface area contributed by atoms with Gasteiger partial charge in [0.1, 0.15) is 0 Å². The standard InChI is InChI=1S/C11H18N2O2S/c12-6-10(11-2-1-5-16-11)13-3-4-15-8-9(13)7-14/h1-2,5,9-10,14H,3-4,6-8,12H2. The van der Waals surface area contributed by atoms with Crippen LogP contribution in [-0.2, 0) is 4.74 Å². The number of hydrogen-bond acceptors (Lipinski definition) is 5. The highest BCUT2D eigenvalue weighted by Crippen LogP contribution is 2.27. The summed E-state index contributed by atoms with van der Waals surface area (Å²) in [7, 11) is 0. The molecule has 2 atom stereocenters. The third-order valence-electron chi connectivity index (χ3n) is 2.98. The molecule has 16 heavy (non-hydrogen) atoms. The Morgan fingerprint density at radius 3 is 3.19 bits per heavy atom. The maximum Gasteiger partial charge on any atom is 0.0645 e. The number of aliphatic hydroxyl groups is 1. The number of thiophene rings is 1. The molecule has 1 aromatic rings. The van der Waals surface area contributed by atoms with Crippen molar-refractivity contribution in [3.05, 3.63) is 22.4 Å². The SMILES string of the molecule is NCC(c1cccs1)N1CCOCC1CO. The second-order valence-electron chi connectivity index (χ2n) is 3.92. The molecule has 0 spiro atoms. The lowest BCUT2D eigenvalue weighted by atomic mass is 10.1. The van der Waals surface area contributed by atoms with Crippen molar-refractivity contribution >= 4 is 11.3 Å². The van der Waals surface area contributed by atoms with E-state index in [9.17, 15) is 5.11 Å². The number of nitrogens with zero attached hydrogens (tertiary/aromatic N) is 1. The molecule has 0 aliphatic carbocycles. The fraction of sp³-hybridized carbons (Fsp3) is 0.636. The van der Waals surface area contributed by atoms with Gasteiger partial charge >= 0.3 is 0 Å². The molecule has 4 nitrogen and oxygen atoms in total. The summed E-state index contributed by atoms with van der Waals surface area (Å²) >= 11 is 1.72. The molecule has 2 unspecified atom stereocenters. The Kier molecular flexibility index (Phi) is 4.31. The van der Waals surface area contributed by atoms with Crippen molar-refractivity contribution in [3.8, 4) is 0 Å². The van der Waals surface area contributed by atoms with Gasteiger partial charge in [0.25, 0.3) is 0 Å². The number of rotatable bonds is 4. The zero-order valence-corrected chi connectivity index (χ0v) is 10.0. The summed E-state index contributed by atoms with van der Waals surface area (Å²) in [6, 6.07) is 4.42. The van der Waals surface area contributed by atoms with E-state index in [0.717, 1.165) is 13.2 Å². The van der Waals surface area contributed by atoms with Crippen LogP contribution in [0, 0.1) is 0 Å². The summed E-state index contributed by atoms with van der Waals surface area (Å²) in [6.07, 6.45) is 0. The second kappa shape index (κ2) is 5.75. The van der Waals surface area contributed by atoms with Crippen molar-refractivity contribution in [1.82, 2.24) is 4.90 Å². The zero-order valence-electron chi connectivity index (χ0n) is 9.21. The topological polar surface area (TPSA) is 58.7 Å². The molecule has 0 amide bonds. The van der Waals surface area contributed by atoms with Gasteiger partial charge < -0.3 is 15.6 Å². The van der Waals surface area contributed by atoms with Gasteiger partial charge in [0, 0.05) is 18.0 Å². The van der Waals surface area contributed by atoms with Crippen LogP contribution in [0.15, 0.2) is 17.5 Å². The van der Waals surface area contributed by atoms with Crippen molar-refractivity contribution in [2.45, 2.75) is 12.1 Å². The van der Waals surface area contributed by atoms with Gasteiger partial charge in [0.2, 0.25) is 0 Å². The molecular weight excluding hydrogens is 224 g/mol. The van der Waals surface area contributed by atoms with Crippen LogP contribution in [0.5, 0.6) is 0 Å². The number of morpholine rings is 1. The van der Waals surface area contributed by atoms with Crippen LogP contribution >= 0.6 is 11.3 Å². The first-order valence-corrected chi connectivity index (χ1v) is 6.42. The monoisotopic (exact) mass is 242 g/mol. The van der Waals surface area contributed by atoms with E-state index in [1.165, 1.54) is 4.88 Å². The van der Waals surface area contributed by atoms with Crippen LogP contribution < -0.4 is 5.73 Å². The minimum Gasteiger partial charge on any atom is -0.395 e. The molecule has 1 aromatic heterocycles. The van der Waals surface area contributed by atoms with Gasteiger partial charge in [0.15, 0.2) is 0 Å². The molecule has 1 aliphatic heterocycles. The second-order valence-corrected chi connectivity index (χ2v) is 4.90. The highest BCUT2D eigenvalue weighted by molar-refractivity contribution is 7.10. The molecule has 2 heterocycles. The number of nitrogens with two attached hydrogens (primary N) is 1. The summed E-state index contributed by atoms with van der Waals surface area (Å²) in [5.41, 5.74) is 5.85. The fourth-order valence-corrected chi connectivity index (χ4v) is 2.99. The van der Waals surface area contributed by atoms with E-state index in [2.05, 4.69) is 16.3 Å². The molecule has 5 heteroatoms. The first-order valence-electron chi connectivity index (χ1n) is 5.54. The van der Waals surface area contributed by atoms with Crippen LogP contribution in [-0.4, -0.2) is 49.0 Å². The highest BCUT2D eigenvalue weighted by Gasteiger charge is 2.29. The minimum atomic E-state index is 0.0735. The van der Waals surface area contributed by atoms with Crippen LogP contribution in [0.3, 0.4) is 0 Å². The Balaban J connectivity index is 2.13. The lowest BCUT2D eigenvalue weighted by Gasteiger charge is -2.39. The Hall–Kier alpha value is -0.460. The van der Waals surface area contributed by atoms with Crippen molar-refractivity contribution in [1.29, 1.82) is 0 Å². The van der Waals surface area contributed by atoms with Crippen molar-refractivity contribution in [2.24, 2.45) is 5.73 Å². The van der Waals surface area contributed by atoms with Crippen molar-refractivity contribution in [3.63, 3.8) is 0 Å². The predicted octanol–water partition coefficient (Wildman–Crippen LogP) is 0.441. The Morgan fingerprint density at radius 1 is 1.69 bits per heavy atom. The van der Waals surface area contributed by atoms with Crippen LogP contribution in [0.4, 0.5) is 0 Å². The van der Waals surface area contributed by atoms with Crippen LogP contribution in [0.1, 0.15) is 10.9 Å². The summed E-state index contributed by atoms with van der Waals surface area (Å²) in [5, 5.41) is 11.4. The Morgan fingerprint density at radius 2 is 2.56 bits per heavy atom. The molecule has 1 fully saturated rings. The molecule has 0 saturated carbocycles. The molecule has 3 N–H and O–H groups in total. The largest absolute Gasteiger partial charge is 0.395 e. The highest BCUT2D eigenvalue weighted by atomic mass is 32.1. The maximum absolute atomic E-state index is 9.34. The fourth-order valence-electron chi connectivity index (χ4n) is 2.13. The molecule has 2 rings (SSSR count). The Labute approximate surface area is 99.6 Å². The van der Waals surface area contributed by atoms with E-state index in [4.69, 9.17) is 10.5 Å². The number of hydrogen-bond donors (Lipinski definition) is 2. The quantitative estimate of drug-likeness (QED) is 0.804. The molecule has 0 aromatic carbocycles. The van der Waals surface area contributed by atoms with Crippen molar-refractivity contribution < 1.29 is 9.84 Å². The predicted molar refractivity (Wildman–Crippen MR) is 64.5 cm³/mol.